The Hall–Kier alpha value is -5.28. The topological polar surface area (TPSA) is 210 Å². The molecule has 6 N–H and O–H groups in total. The number of anilines is 2. The van der Waals surface area contributed by atoms with Crippen molar-refractivity contribution in [3.63, 3.8) is 0 Å². The summed E-state index contributed by atoms with van der Waals surface area (Å²) in [6.45, 7) is 0.835. The number of allylic oxidation sites excluding steroid dienone is 1. The number of aliphatic hydroxyl groups is 3. The Bertz CT molecular complexity index is 2570. The zero-order valence-corrected chi connectivity index (χ0v) is 30.8. The number of hydrogen-bond donors (Lipinski definition) is 6. The van der Waals surface area contributed by atoms with E-state index in [1.807, 2.05) is 13.0 Å². The van der Waals surface area contributed by atoms with Crippen LogP contribution >= 0.6 is 0 Å². The van der Waals surface area contributed by atoms with Gasteiger partial charge in [0.25, 0.3) is 0 Å². The molecule has 288 valence electrons. The highest BCUT2D eigenvalue weighted by molar-refractivity contribution is 6.39. The van der Waals surface area contributed by atoms with Gasteiger partial charge in [0.15, 0.2) is 16.9 Å². The van der Waals surface area contributed by atoms with Gasteiger partial charge in [0, 0.05) is 53.1 Å². The average Bonchev–Trinajstić information content (AvgIpc) is 4.11. The maximum atomic E-state index is 15.4. The fourth-order valence-corrected chi connectivity index (χ4v) is 8.37. The normalized spacial score (nSPS) is 16.4. The second-order valence-corrected chi connectivity index (χ2v) is 14.8. The number of phenolic OH excluding ortho intramolecular Hbond substituents is 1. The van der Waals surface area contributed by atoms with E-state index < -0.39 is 47.1 Å². The largest absolute Gasteiger partial charge is 0.504 e. The summed E-state index contributed by atoms with van der Waals surface area (Å²) in [7, 11) is 2.89. The number of aromatic hydroxyl groups is 1. The molecule has 0 heterocycles. The Morgan fingerprint density at radius 1 is 0.764 bits per heavy atom. The second kappa shape index (κ2) is 13.5. The predicted octanol–water partition coefficient (Wildman–Crippen LogP) is 3.56. The first kappa shape index (κ1) is 36.7. The van der Waals surface area contributed by atoms with Gasteiger partial charge in [-0.25, -0.2) is 9.59 Å². The number of aliphatic hydroxyl groups excluding tert-OH is 3. The summed E-state index contributed by atoms with van der Waals surface area (Å²) in [5, 5.41) is 52.0. The SMILES string of the molecule is COCCOC(=O)C1(Nc2c3c4c5c(c(OC)c(O)c6c(=O)cc(CO)c(c7c(CO)cc(NC8(C(=O)OCCCO)CC8)c(c2=O)c74)c65)CC(C)=C3)CC1. The van der Waals surface area contributed by atoms with Crippen LogP contribution in [0.1, 0.15) is 61.3 Å². The molecule has 0 unspecified atom stereocenters. The lowest BCUT2D eigenvalue weighted by molar-refractivity contribution is -0.147. The highest BCUT2D eigenvalue weighted by Gasteiger charge is 2.54. The average molecular weight is 755 g/mol. The fraction of sp³-hybridized carbons (Fsp3) is 0.415. The van der Waals surface area contributed by atoms with E-state index >= 15 is 4.79 Å². The molecule has 2 fully saturated rings. The van der Waals surface area contributed by atoms with E-state index in [1.165, 1.54) is 20.3 Å². The molecule has 0 amide bonds. The first-order chi connectivity index (χ1) is 26.5. The number of carbonyl (C=O) groups is 2. The number of fused-ring (bicyclic) bond motifs is 1. The molecule has 55 heavy (non-hydrogen) atoms. The lowest BCUT2D eigenvalue weighted by Crippen LogP contribution is -2.37. The molecule has 0 radical (unpaired) electrons. The van der Waals surface area contributed by atoms with E-state index in [-0.39, 0.29) is 78.5 Å². The number of esters is 2. The standard InChI is InChI=1S/C41H42N2O12/c1-19-13-22-28-29-23(14-19)37(53-3)36(49)31-25(47)16-21(18-46)27(33(29)31)26-20(17-45)15-24(42-40(5-6-40)38(50)54-10-4-9-44)30(32(26)28)35(48)34(22)43-41(7-8-41)39(51)55-12-11-52-2/h13,15-16,42-46,49H,4-12,14,17-18H2,1-3H3. The third kappa shape index (κ3) is 5.53. The van der Waals surface area contributed by atoms with Crippen LogP contribution in [-0.4, -0.2) is 84.1 Å². The molecule has 5 aromatic carbocycles. The monoisotopic (exact) mass is 754 g/mol. The third-order valence-corrected chi connectivity index (χ3v) is 11.3. The number of methoxy groups -OCH3 is 2. The highest BCUT2D eigenvalue weighted by atomic mass is 16.6. The van der Waals surface area contributed by atoms with Crippen LogP contribution in [0, 0.1) is 0 Å². The van der Waals surface area contributed by atoms with Gasteiger partial charge in [0.05, 0.1) is 50.0 Å². The van der Waals surface area contributed by atoms with Crippen LogP contribution in [0.5, 0.6) is 11.5 Å². The van der Waals surface area contributed by atoms with Crippen LogP contribution in [0.2, 0.25) is 0 Å². The molecule has 0 aliphatic heterocycles. The van der Waals surface area contributed by atoms with E-state index in [0.717, 1.165) is 5.57 Å². The summed E-state index contributed by atoms with van der Waals surface area (Å²) in [4.78, 5) is 56.2. The molecule has 2 saturated carbocycles. The van der Waals surface area contributed by atoms with Crippen molar-refractivity contribution in [2.75, 3.05) is 51.3 Å². The first-order valence-corrected chi connectivity index (χ1v) is 18.3. The van der Waals surface area contributed by atoms with E-state index in [1.54, 1.807) is 6.07 Å². The van der Waals surface area contributed by atoms with Crippen LogP contribution < -0.4 is 26.2 Å². The maximum Gasteiger partial charge on any atom is 0.331 e. The summed E-state index contributed by atoms with van der Waals surface area (Å²) in [6.07, 6.45) is 3.92. The van der Waals surface area contributed by atoms with Crippen molar-refractivity contribution in [1.29, 1.82) is 0 Å². The van der Waals surface area contributed by atoms with Gasteiger partial charge in [-0.15, -0.1) is 0 Å². The van der Waals surface area contributed by atoms with Gasteiger partial charge in [-0.2, -0.15) is 0 Å². The van der Waals surface area contributed by atoms with Gasteiger partial charge in [0.2, 0.25) is 5.43 Å². The summed E-state index contributed by atoms with van der Waals surface area (Å²) < 4.78 is 21.9. The Balaban J connectivity index is 1.54. The van der Waals surface area contributed by atoms with Gasteiger partial charge >= 0.3 is 11.9 Å². The molecule has 0 atom stereocenters. The van der Waals surface area contributed by atoms with Crippen molar-refractivity contribution in [2.24, 2.45) is 0 Å². The van der Waals surface area contributed by atoms with E-state index in [2.05, 4.69) is 10.6 Å². The van der Waals surface area contributed by atoms with Crippen LogP contribution in [0.15, 0.2) is 27.3 Å². The van der Waals surface area contributed by atoms with Gasteiger partial charge in [-0.3, -0.25) is 9.59 Å². The number of nitrogens with one attached hydrogen (secondary N) is 2. The Morgan fingerprint density at radius 3 is 1.98 bits per heavy atom. The zero-order chi connectivity index (χ0) is 39.0. The molecule has 0 saturated heterocycles. The van der Waals surface area contributed by atoms with Crippen LogP contribution in [-0.2, 0) is 43.4 Å². The molecule has 8 rings (SSSR count). The number of benzene rings is 5. The lowest BCUT2D eigenvalue weighted by atomic mass is 9.81. The van der Waals surface area contributed by atoms with E-state index in [0.29, 0.717) is 74.7 Å². The molecule has 3 aliphatic carbocycles. The summed E-state index contributed by atoms with van der Waals surface area (Å²) in [5.41, 5.74) is -0.779. The van der Waals surface area contributed by atoms with Crippen molar-refractivity contribution in [3.8, 4) is 11.5 Å². The molecule has 0 aromatic heterocycles. The molecule has 0 spiro atoms. The first-order valence-electron chi connectivity index (χ1n) is 18.3. The predicted molar refractivity (Wildman–Crippen MR) is 205 cm³/mol. The third-order valence-electron chi connectivity index (χ3n) is 11.3. The van der Waals surface area contributed by atoms with Crippen molar-refractivity contribution >= 4 is 72.5 Å². The quantitative estimate of drug-likeness (QED) is 0.0391. The van der Waals surface area contributed by atoms with Gasteiger partial charge in [0.1, 0.15) is 17.7 Å². The molecule has 14 nitrogen and oxygen atoms in total. The van der Waals surface area contributed by atoms with Gasteiger partial charge < -0.3 is 50.0 Å². The zero-order valence-electron chi connectivity index (χ0n) is 30.8. The Morgan fingerprint density at radius 2 is 1.38 bits per heavy atom. The van der Waals surface area contributed by atoms with Crippen LogP contribution in [0.25, 0.3) is 49.2 Å². The number of phenols is 1. The van der Waals surface area contributed by atoms with Crippen LogP contribution in [0.3, 0.4) is 0 Å². The van der Waals surface area contributed by atoms with E-state index in [4.69, 9.17) is 18.9 Å². The maximum absolute atomic E-state index is 15.4. The number of carbonyl (C=O) groups excluding carboxylic acids is 2. The van der Waals surface area contributed by atoms with Crippen molar-refractivity contribution in [2.45, 2.75) is 69.7 Å². The van der Waals surface area contributed by atoms with Crippen molar-refractivity contribution < 1.29 is 49.0 Å². The van der Waals surface area contributed by atoms with Gasteiger partial charge in [-0.05, 0) is 78.4 Å². The minimum absolute atomic E-state index is 0.00680. The summed E-state index contributed by atoms with van der Waals surface area (Å²) >= 11 is 0. The minimum Gasteiger partial charge on any atom is -0.504 e. The van der Waals surface area contributed by atoms with Crippen molar-refractivity contribution in [3.05, 3.63) is 60.4 Å². The van der Waals surface area contributed by atoms with Crippen molar-refractivity contribution in [1.82, 2.24) is 0 Å². The highest BCUT2D eigenvalue weighted by Crippen LogP contribution is 2.54. The lowest BCUT2D eigenvalue weighted by Gasteiger charge is -2.27. The second-order valence-electron chi connectivity index (χ2n) is 14.8. The molecule has 5 aromatic rings. The molecule has 3 aliphatic rings. The van der Waals surface area contributed by atoms with Crippen LogP contribution in [0.4, 0.5) is 11.4 Å². The molecule has 14 heteroatoms. The summed E-state index contributed by atoms with van der Waals surface area (Å²) in [5.74, 6) is -1.37. The minimum atomic E-state index is -1.21. The summed E-state index contributed by atoms with van der Waals surface area (Å²) in [6, 6.07) is 2.84. The molecular weight excluding hydrogens is 712 g/mol. The number of hydrogen-bond acceptors (Lipinski definition) is 14. The number of rotatable bonds is 15. The number of ether oxygens (including phenoxy) is 4. The smallest absolute Gasteiger partial charge is 0.331 e. The molecular formula is C41H42N2O12. The Kier molecular flexibility index (Phi) is 8.99. The van der Waals surface area contributed by atoms with E-state index in [9.17, 15) is 34.8 Å². The molecule has 0 bridgehead atoms. The fourth-order valence-electron chi connectivity index (χ4n) is 8.37. The van der Waals surface area contributed by atoms with Gasteiger partial charge in [-0.1, -0.05) is 11.6 Å². The Labute approximate surface area is 313 Å².